The molecule has 0 aromatic carbocycles. The van der Waals surface area contributed by atoms with Crippen molar-refractivity contribution in [3.05, 3.63) is 35.3 Å². The summed E-state index contributed by atoms with van der Waals surface area (Å²) in [5, 5.41) is 0.725. The first-order valence-electron chi connectivity index (χ1n) is 6.61. The monoisotopic (exact) mass is 439 g/mol. The molecule has 1 rings (SSSR count). The van der Waals surface area contributed by atoms with Crippen LogP contribution in [0.2, 0.25) is 0 Å². The summed E-state index contributed by atoms with van der Waals surface area (Å²) in [4.78, 5) is 4.60. The van der Waals surface area contributed by atoms with Crippen LogP contribution in [0.4, 0.5) is 0 Å². The Morgan fingerprint density at radius 3 is 1.76 bits per heavy atom. The average molecular weight is 439 g/mol. The molecule has 0 unspecified atom stereocenters. The summed E-state index contributed by atoms with van der Waals surface area (Å²) in [6, 6.07) is 6.09. The van der Waals surface area contributed by atoms with E-state index in [1.54, 1.807) is 0 Å². The van der Waals surface area contributed by atoms with Gasteiger partial charge in [0.15, 0.2) is 0 Å². The number of pyridine rings is 1. The molecule has 0 aliphatic heterocycles. The Morgan fingerprint density at radius 1 is 0.952 bits per heavy atom. The molecule has 0 saturated carbocycles. The predicted octanol–water partition coefficient (Wildman–Crippen LogP) is 4.94. The van der Waals surface area contributed by atoms with Crippen molar-refractivity contribution in [3.63, 3.8) is 0 Å². The van der Waals surface area contributed by atoms with Gasteiger partial charge in [-0.2, -0.15) is 0 Å². The van der Waals surface area contributed by atoms with Crippen molar-refractivity contribution in [2.45, 2.75) is 64.6 Å². The molecule has 127 valence electrons. The molecule has 0 aliphatic rings. The van der Waals surface area contributed by atoms with Gasteiger partial charge in [-0.25, -0.2) is 0 Å². The molecular weight excluding hydrogens is 412 g/mol. The standard InChI is InChI=1S/C15H26N2P.2Co.Mn/c1-14(2,3)18(15(4,5)6)11-13-9-7-8-12(10-16)17-13;;;/h7-9,16H,10-11H2,1-6H3;;;/q-1;;;/p+1. The Hall–Kier alpha value is 1.07. The Balaban J connectivity index is -0.00000108. The van der Waals surface area contributed by atoms with Gasteiger partial charge in [0.1, 0.15) is 0 Å². The fourth-order valence-corrected chi connectivity index (χ4v) is 6.43. The van der Waals surface area contributed by atoms with Crippen molar-refractivity contribution in [3.8, 4) is 0 Å². The van der Waals surface area contributed by atoms with Gasteiger partial charge in [0, 0.05) is 64.2 Å². The van der Waals surface area contributed by atoms with Crippen LogP contribution in [0.25, 0.3) is 5.73 Å². The molecule has 1 aromatic heterocycles. The van der Waals surface area contributed by atoms with Crippen LogP contribution in [0.1, 0.15) is 52.9 Å². The van der Waals surface area contributed by atoms with E-state index in [4.69, 9.17) is 5.73 Å². The van der Waals surface area contributed by atoms with Crippen LogP contribution in [-0.2, 0) is 63.3 Å². The fraction of sp³-hybridized carbons (Fsp3) is 0.667. The van der Waals surface area contributed by atoms with E-state index in [0.29, 0.717) is 10.3 Å². The molecule has 2 nitrogen and oxygen atoms in total. The van der Waals surface area contributed by atoms with E-state index >= 15 is 0 Å². The van der Waals surface area contributed by atoms with Crippen molar-refractivity contribution in [2.24, 2.45) is 0 Å². The Kier molecular flexibility index (Phi) is 13.8. The van der Waals surface area contributed by atoms with Gasteiger partial charge in [-0.05, 0) is 53.7 Å². The molecule has 0 saturated heterocycles. The zero-order valence-electron chi connectivity index (χ0n) is 13.6. The summed E-state index contributed by atoms with van der Waals surface area (Å²) >= 11 is 0. The number of nitrogens with zero attached hydrogens (tertiary/aromatic N) is 1. The van der Waals surface area contributed by atoms with Gasteiger partial charge in [-0.1, -0.05) is 6.07 Å². The zero-order chi connectivity index (χ0) is 14.0. The first kappa shape index (κ1) is 26.9. The number of hydrogen-bond donors (Lipinski definition) is 0. The molecule has 0 amide bonds. The quantitative estimate of drug-likeness (QED) is 0.486. The summed E-state index contributed by atoms with van der Waals surface area (Å²) in [7, 11) is -0.576. The zero-order valence-corrected chi connectivity index (χ0v) is 17.9. The second kappa shape index (κ2) is 10.8. The number of nitrogens with one attached hydrogen (secondary N) is 1. The van der Waals surface area contributed by atoms with Gasteiger partial charge >= 0.3 is 0 Å². The molecule has 1 N–H and O–H groups in total. The third kappa shape index (κ3) is 9.07. The normalized spacial score (nSPS) is 11.2. The van der Waals surface area contributed by atoms with E-state index in [9.17, 15) is 0 Å². The number of rotatable bonds is 3. The van der Waals surface area contributed by atoms with Crippen LogP contribution in [0, 0.1) is 0 Å². The topological polar surface area (TPSA) is 36.7 Å². The minimum absolute atomic E-state index is 0. The molecule has 0 spiro atoms. The molecule has 1 aromatic rings. The van der Waals surface area contributed by atoms with Gasteiger partial charge in [0.05, 0.1) is 22.2 Å². The van der Waals surface area contributed by atoms with E-state index in [0.717, 1.165) is 11.9 Å². The van der Waals surface area contributed by atoms with Gasteiger partial charge in [-0.3, -0.25) is 4.98 Å². The van der Waals surface area contributed by atoms with E-state index < -0.39 is 7.92 Å². The van der Waals surface area contributed by atoms with E-state index in [1.807, 2.05) is 12.1 Å². The second-order valence-electron chi connectivity index (χ2n) is 6.95. The molecular formula is C15H27Co2MnN2P. The van der Waals surface area contributed by atoms with Crippen LogP contribution < -0.4 is 0 Å². The summed E-state index contributed by atoms with van der Waals surface area (Å²) < 4.78 is 0. The first-order valence-corrected chi connectivity index (χ1v) is 8.31. The van der Waals surface area contributed by atoms with Gasteiger partial charge in [0.2, 0.25) is 0 Å². The van der Waals surface area contributed by atoms with Crippen LogP contribution in [-0.4, -0.2) is 15.3 Å². The SMILES string of the molecule is CC(C)(C)[PH+](Cc1cccc(C[NH-])n1)C(C)(C)C.[Co].[Co].[Mn]. The molecule has 6 heteroatoms. The Morgan fingerprint density at radius 2 is 1.38 bits per heavy atom. The summed E-state index contributed by atoms with van der Waals surface area (Å²) in [5.41, 5.74) is 9.47. The van der Waals surface area contributed by atoms with Crippen molar-refractivity contribution in [2.75, 3.05) is 0 Å². The van der Waals surface area contributed by atoms with Crippen molar-refractivity contribution in [1.29, 1.82) is 0 Å². The minimum atomic E-state index is -0.576. The van der Waals surface area contributed by atoms with Crippen LogP contribution in [0.15, 0.2) is 18.2 Å². The van der Waals surface area contributed by atoms with E-state index in [1.165, 1.54) is 5.69 Å². The van der Waals surface area contributed by atoms with E-state index in [-0.39, 0.29) is 57.2 Å². The number of aromatic nitrogens is 1. The largest absolute Gasteiger partial charge is 0.672 e. The Labute approximate surface area is 162 Å². The maximum absolute atomic E-state index is 7.41. The average Bonchev–Trinajstić information content (AvgIpc) is 2.23. The third-order valence-corrected chi connectivity index (χ3v) is 7.55. The summed E-state index contributed by atoms with van der Waals surface area (Å²) in [6.45, 7) is 14.4. The van der Waals surface area contributed by atoms with Gasteiger partial charge in [0.25, 0.3) is 0 Å². The molecule has 0 aliphatic carbocycles. The fourth-order valence-electron chi connectivity index (χ4n) is 2.56. The van der Waals surface area contributed by atoms with Gasteiger partial charge < -0.3 is 5.73 Å². The van der Waals surface area contributed by atoms with Crippen molar-refractivity contribution in [1.82, 2.24) is 4.98 Å². The van der Waals surface area contributed by atoms with Gasteiger partial charge in [-0.15, -0.1) is 6.54 Å². The van der Waals surface area contributed by atoms with Crippen LogP contribution in [0.3, 0.4) is 0 Å². The molecule has 0 bridgehead atoms. The molecule has 0 atom stereocenters. The van der Waals surface area contributed by atoms with Crippen LogP contribution >= 0.6 is 7.92 Å². The minimum Gasteiger partial charge on any atom is -0.672 e. The maximum atomic E-state index is 7.41. The second-order valence-corrected chi connectivity index (χ2v) is 11.3. The van der Waals surface area contributed by atoms with Crippen LogP contribution in [0.5, 0.6) is 0 Å². The molecule has 3 radical (unpaired) electrons. The van der Waals surface area contributed by atoms with Crippen molar-refractivity contribution >= 4 is 7.92 Å². The van der Waals surface area contributed by atoms with Crippen molar-refractivity contribution < 1.29 is 50.6 Å². The molecule has 1 heterocycles. The van der Waals surface area contributed by atoms with E-state index in [2.05, 4.69) is 52.6 Å². The maximum Gasteiger partial charge on any atom is 0.1000 e. The Bertz CT molecular complexity index is 389. The molecule has 0 fully saturated rings. The molecule has 21 heavy (non-hydrogen) atoms. The summed E-state index contributed by atoms with van der Waals surface area (Å²) in [6.07, 6.45) is 1.09. The smallest absolute Gasteiger partial charge is 0.1000 e. The third-order valence-electron chi connectivity index (χ3n) is 3.21. The predicted molar refractivity (Wildman–Crippen MR) is 83.8 cm³/mol. The number of hydrogen-bond acceptors (Lipinski definition) is 1. The summed E-state index contributed by atoms with van der Waals surface area (Å²) in [5.74, 6) is 0. The first-order chi connectivity index (χ1) is 8.14.